The van der Waals surface area contributed by atoms with Crippen LogP contribution in [0.3, 0.4) is 0 Å². The average Bonchev–Trinajstić information content (AvgIpc) is 2.89. The smallest absolute Gasteiger partial charge is 0.267 e. The molecule has 0 N–H and O–H groups in total. The molecule has 0 unspecified atom stereocenters. The summed E-state index contributed by atoms with van der Waals surface area (Å²) in [5.74, 6) is 2.43. The van der Waals surface area contributed by atoms with Gasteiger partial charge in [-0.2, -0.15) is 10.2 Å². The molecule has 0 bridgehead atoms. The van der Waals surface area contributed by atoms with Crippen LogP contribution in [-0.4, -0.2) is 19.4 Å². The van der Waals surface area contributed by atoms with Crippen molar-refractivity contribution in [2.24, 2.45) is 0 Å². The van der Waals surface area contributed by atoms with Crippen molar-refractivity contribution >= 4 is 11.1 Å². The molecular weight excluding hydrogens is 276 g/mol. The fourth-order valence-corrected chi connectivity index (χ4v) is 2.33. The molecule has 0 saturated heterocycles. The molecule has 0 saturated carbocycles. The van der Waals surface area contributed by atoms with Crippen LogP contribution in [0.5, 0.6) is 0 Å². The van der Waals surface area contributed by atoms with Gasteiger partial charge in [0.05, 0.1) is 22.5 Å². The van der Waals surface area contributed by atoms with E-state index in [-0.39, 0.29) is 12.1 Å². The molecule has 0 radical (unpaired) electrons. The summed E-state index contributed by atoms with van der Waals surface area (Å²) in [6.07, 6.45) is 7.15. The van der Waals surface area contributed by atoms with Crippen LogP contribution in [0.1, 0.15) is 12.6 Å². The summed E-state index contributed by atoms with van der Waals surface area (Å²) in [7, 11) is 0. The third-order valence-electron chi connectivity index (χ3n) is 3.31. The highest BCUT2D eigenvalue weighted by Crippen LogP contribution is 2.29. The first-order valence-electron chi connectivity index (χ1n) is 6.77. The Morgan fingerprint density at radius 1 is 1.32 bits per heavy atom. The minimum atomic E-state index is -0.227. The number of allylic oxidation sites excluding steroid dienone is 1. The van der Waals surface area contributed by atoms with E-state index in [1.807, 2.05) is 31.3 Å². The average molecular weight is 290 g/mol. The van der Waals surface area contributed by atoms with Crippen LogP contribution in [-0.2, 0) is 6.54 Å². The highest BCUT2D eigenvalue weighted by molar-refractivity contribution is 5.87. The fraction of sp³-hybridized carbons (Fsp3) is 0.118. The molecule has 0 aliphatic rings. The predicted molar refractivity (Wildman–Crippen MR) is 86.2 cm³/mol. The maximum absolute atomic E-state index is 11.8. The third-order valence-corrected chi connectivity index (χ3v) is 3.31. The van der Waals surface area contributed by atoms with Gasteiger partial charge in [0.2, 0.25) is 0 Å². The molecule has 0 aliphatic carbocycles. The van der Waals surface area contributed by atoms with E-state index in [4.69, 9.17) is 6.42 Å². The van der Waals surface area contributed by atoms with Crippen molar-refractivity contribution in [2.75, 3.05) is 0 Å². The summed E-state index contributed by atoms with van der Waals surface area (Å²) in [4.78, 5) is 11.8. The van der Waals surface area contributed by atoms with Crippen molar-refractivity contribution in [3.05, 3.63) is 59.2 Å². The molecule has 3 heterocycles. The van der Waals surface area contributed by atoms with Crippen molar-refractivity contribution in [3.63, 3.8) is 0 Å². The molecule has 0 spiro atoms. The van der Waals surface area contributed by atoms with E-state index >= 15 is 0 Å². The number of pyridine rings is 1. The highest BCUT2D eigenvalue weighted by atomic mass is 16.1. The van der Waals surface area contributed by atoms with Crippen LogP contribution < -0.4 is 5.56 Å². The summed E-state index contributed by atoms with van der Waals surface area (Å²) in [6.45, 7) is 6.00. The Morgan fingerprint density at radius 3 is 2.86 bits per heavy atom. The Kier molecular flexibility index (Phi) is 3.36. The van der Waals surface area contributed by atoms with E-state index in [1.165, 1.54) is 10.7 Å². The largest absolute Gasteiger partial charge is 0.268 e. The Labute approximate surface area is 127 Å². The second kappa shape index (κ2) is 5.34. The molecule has 3 rings (SSSR count). The van der Waals surface area contributed by atoms with Gasteiger partial charge in [-0.25, -0.2) is 9.20 Å². The molecular formula is C17H14N4O. The fourth-order valence-electron chi connectivity index (χ4n) is 2.33. The molecule has 5 heteroatoms. The lowest BCUT2D eigenvalue weighted by atomic mass is 10.1. The lowest BCUT2D eigenvalue weighted by Crippen LogP contribution is -2.21. The molecule has 3 aromatic rings. The van der Waals surface area contributed by atoms with Gasteiger partial charge in [0.1, 0.15) is 6.54 Å². The maximum atomic E-state index is 11.8. The number of hydrogen-bond acceptors (Lipinski definition) is 3. The van der Waals surface area contributed by atoms with Gasteiger partial charge in [0.25, 0.3) is 5.56 Å². The first-order valence-corrected chi connectivity index (χ1v) is 6.77. The van der Waals surface area contributed by atoms with Crippen molar-refractivity contribution in [2.45, 2.75) is 13.5 Å². The lowest BCUT2D eigenvalue weighted by Gasteiger charge is -2.05. The zero-order valence-corrected chi connectivity index (χ0v) is 12.2. The van der Waals surface area contributed by atoms with Crippen molar-refractivity contribution in [1.29, 1.82) is 0 Å². The first-order chi connectivity index (χ1) is 10.6. The molecule has 0 atom stereocenters. The summed E-state index contributed by atoms with van der Waals surface area (Å²) in [5.41, 5.74) is 3.75. The van der Waals surface area contributed by atoms with E-state index < -0.39 is 0 Å². The van der Waals surface area contributed by atoms with E-state index in [1.54, 1.807) is 10.6 Å². The van der Waals surface area contributed by atoms with Gasteiger partial charge < -0.3 is 0 Å². The predicted octanol–water partition coefficient (Wildman–Crippen LogP) is 2.22. The molecule has 5 nitrogen and oxygen atoms in total. The van der Waals surface area contributed by atoms with Gasteiger partial charge in [-0.15, -0.1) is 6.42 Å². The van der Waals surface area contributed by atoms with Crippen LogP contribution in [0.25, 0.3) is 22.3 Å². The first kappa shape index (κ1) is 13.8. The molecule has 108 valence electrons. The van der Waals surface area contributed by atoms with Crippen LogP contribution in [0.2, 0.25) is 0 Å². The summed E-state index contributed by atoms with van der Waals surface area (Å²) in [5, 5.41) is 8.90. The molecule has 3 aromatic heterocycles. The van der Waals surface area contributed by atoms with Gasteiger partial charge >= 0.3 is 0 Å². The van der Waals surface area contributed by atoms with E-state index in [9.17, 15) is 4.79 Å². The standard InChI is InChI=1S/C17H14N4O/c1-4-10-21-15(22)9-8-13(18-21)16-14-7-5-6-11-20(14)19-17(16)12(2)3/h1,5-9,11H,2,10H2,3H3. The van der Waals surface area contributed by atoms with E-state index in [0.717, 1.165) is 22.3 Å². The lowest BCUT2D eigenvalue weighted by molar-refractivity contribution is 0.667. The quantitative estimate of drug-likeness (QED) is 0.695. The number of aromatic nitrogens is 4. The van der Waals surface area contributed by atoms with Crippen molar-refractivity contribution in [3.8, 4) is 23.6 Å². The highest BCUT2D eigenvalue weighted by Gasteiger charge is 2.16. The number of terminal acetylenes is 1. The molecule has 22 heavy (non-hydrogen) atoms. The van der Waals surface area contributed by atoms with Gasteiger partial charge in [-0.1, -0.05) is 18.6 Å². The van der Waals surface area contributed by atoms with Gasteiger partial charge in [0, 0.05) is 12.3 Å². The molecule has 0 amide bonds. The van der Waals surface area contributed by atoms with Gasteiger partial charge in [0.15, 0.2) is 0 Å². The number of fused-ring (bicyclic) bond motifs is 1. The maximum Gasteiger partial charge on any atom is 0.267 e. The number of hydrogen-bond donors (Lipinski definition) is 0. The van der Waals surface area contributed by atoms with Crippen LogP contribution in [0, 0.1) is 12.3 Å². The van der Waals surface area contributed by atoms with Crippen LogP contribution in [0.4, 0.5) is 0 Å². The molecule has 0 aliphatic heterocycles. The topological polar surface area (TPSA) is 52.2 Å². The van der Waals surface area contributed by atoms with Crippen molar-refractivity contribution < 1.29 is 0 Å². The Balaban J connectivity index is 2.32. The summed E-state index contributed by atoms with van der Waals surface area (Å²) < 4.78 is 3.04. The van der Waals surface area contributed by atoms with E-state index in [2.05, 4.69) is 22.7 Å². The van der Waals surface area contributed by atoms with Crippen LogP contribution in [0.15, 0.2) is 47.9 Å². The molecule has 0 fully saturated rings. The monoisotopic (exact) mass is 290 g/mol. The minimum absolute atomic E-state index is 0.133. The molecule has 0 aromatic carbocycles. The Hall–Kier alpha value is -3.13. The minimum Gasteiger partial charge on any atom is -0.268 e. The third kappa shape index (κ3) is 2.21. The summed E-state index contributed by atoms with van der Waals surface area (Å²) in [6, 6.07) is 8.94. The van der Waals surface area contributed by atoms with Crippen LogP contribution >= 0.6 is 0 Å². The zero-order valence-electron chi connectivity index (χ0n) is 12.2. The Bertz CT molecular complexity index is 972. The second-order valence-corrected chi connectivity index (χ2v) is 4.95. The summed E-state index contributed by atoms with van der Waals surface area (Å²) >= 11 is 0. The number of rotatable bonds is 3. The van der Waals surface area contributed by atoms with Crippen molar-refractivity contribution in [1.82, 2.24) is 19.4 Å². The SMILES string of the molecule is C#CCn1nc(-c2c(C(=C)C)nn3ccccc23)ccc1=O. The number of nitrogens with zero attached hydrogens (tertiary/aromatic N) is 4. The zero-order chi connectivity index (χ0) is 15.7. The van der Waals surface area contributed by atoms with Gasteiger partial charge in [-0.05, 0) is 30.7 Å². The normalized spacial score (nSPS) is 10.5. The van der Waals surface area contributed by atoms with Gasteiger partial charge in [-0.3, -0.25) is 4.79 Å². The second-order valence-electron chi connectivity index (χ2n) is 4.95. The van der Waals surface area contributed by atoms with E-state index in [0.29, 0.717) is 5.69 Å². The Morgan fingerprint density at radius 2 is 2.14 bits per heavy atom.